The van der Waals surface area contributed by atoms with Gasteiger partial charge in [-0.05, 0) is 18.6 Å². The lowest BCUT2D eigenvalue weighted by Crippen LogP contribution is -2.55. The summed E-state index contributed by atoms with van der Waals surface area (Å²) in [4.78, 5) is 4.70. The molecule has 0 saturated carbocycles. The third-order valence-electron chi connectivity index (χ3n) is 4.36. The first-order valence-corrected chi connectivity index (χ1v) is 7.11. The number of fused-ring (bicyclic) bond motifs is 1. The van der Waals surface area contributed by atoms with E-state index in [1.807, 2.05) is 0 Å². The molecule has 2 atom stereocenters. The molecule has 0 spiro atoms. The van der Waals surface area contributed by atoms with Crippen molar-refractivity contribution >= 4 is 5.69 Å². The van der Waals surface area contributed by atoms with Crippen molar-refractivity contribution in [1.29, 1.82) is 0 Å². The summed E-state index contributed by atoms with van der Waals surface area (Å²) in [5.41, 5.74) is 3.50. The fourth-order valence-corrected chi connectivity index (χ4v) is 3.25. The zero-order valence-electron chi connectivity index (χ0n) is 11.8. The maximum absolute atomic E-state index is 10.7. The molecule has 0 radical (unpaired) electrons. The van der Waals surface area contributed by atoms with Gasteiger partial charge < -0.3 is 15.3 Å². The average molecular weight is 261 g/mol. The highest BCUT2D eigenvalue weighted by molar-refractivity contribution is 5.58. The second kappa shape index (κ2) is 5.12. The van der Waals surface area contributed by atoms with Crippen LogP contribution in [0, 0.1) is 6.92 Å². The fraction of sp³-hybridized carbons (Fsp3) is 0.600. The van der Waals surface area contributed by atoms with Crippen molar-refractivity contribution in [3.05, 3.63) is 29.3 Å². The van der Waals surface area contributed by atoms with E-state index in [1.165, 1.54) is 11.3 Å². The van der Waals surface area contributed by atoms with Gasteiger partial charge in [0.05, 0.1) is 12.1 Å². The maximum atomic E-state index is 10.7. The monoisotopic (exact) mass is 261 g/mol. The third-order valence-corrected chi connectivity index (χ3v) is 4.36. The molecule has 2 unspecified atom stereocenters. The van der Waals surface area contributed by atoms with Crippen LogP contribution in [0.5, 0.6) is 0 Å². The minimum absolute atomic E-state index is 0.210. The van der Waals surface area contributed by atoms with Crippen molar-refractivity contribution in [1.82, 2.24) is 10.2 Å². The highest BCUT2D eigenvalue weighted by atomic mass is 16.3. The first kappa shape index (κ1) is 12.9. The molecule has 1 aromatic rings. The molecule has 2 N–H and O–H groups in total. The summed E-state index contributed by atoms with van der Waals surface area (Å²) < 4.78 is 0. The van der Waals surface area contributed by atoms with Crippen molar-refractivity contribution in [3.8, 4) is 0 Å². The van der Waals surface area contributed by atoms with Crippen LogP contribution in [0.3, 0.4) is 0 Å². The number of nitrogens with zero attached hydrogens (tertiary/aromatic N) is 2. The van der Waals surface area contributed by atoms with Crippen molar-refractivity contribution in [3.63, 3.8) is 0 Å². The van der Waals surface area contributed by atoms with E-state index in [1.54, 1.807) is 0 Å². The van der Waals surface area contributed by atoms with Crippen LogP contribution < -0.4 is 10.2 Å². The van der Waals surface area contributed by atoms with Crippen LogP contribution in [-0.4, -0.2) is 55.8 Å². The molecule has 4 heteroatoms. The Morgan fingerprint density at radius 1 is 1.26 bits per heavy atom. The van der Waals surface area contributed by atoms with Crippen molar-refractivity contribution < 1.29 is 5.11 Å². The van der Waals surface area contributed by atoms with Crippen molar-refractivity contribution in [2.45, 2.75) is 19.1 Å². The zero-order chi connectivity index (χ0) is 13.4. The highest BCUT2D eigenvalue weighted by Gasteiger charge is 2.34. The molecule has 4 nitrogen and oxygen atoms in total. The maximum Gasteiger partial charge on any atom is 0.0982 e. The third kappa shape index (κ3) is 2.36. The second-order valence-corrected chi connectivity index (χ2v) is 5.74. The normalized spacial score (nSPS) is 28.3. The van der Waals surface area contributed by atoms with Gasteiger partial charge in [-0.25, -0.2) is 0 Å². The van der Waals surface area contributed by atoms with Gasteiger partial charge in [0.25, 0.3) is 0 Å². The second-order valence-electron chi connectivity index (χ2n) is 5.74. The number of nitrogens with one attached hydrogen (secondary N) is 1. The molecule has 2 heterocycles. The molecular weight excluding hydrogens is 238 g/mol. The summed E-state index contributed by atoms with van der Waals surface area (Å²) in [7, 11) is 2.12. The lowest BCUT2D eigenvalue weighted by Gasteiger charge is -2.44. The Morgan fingerprint density at radius 3 is 2.74 bits per heavy atom. The largest absolute Gasteiger partial charge is 0.387 e. The molecule has 3 rings (SSSR count). The molecule has 2 aliphatic heterocycles. The molecular formula is C15H23N3O. The van der Waals surface area contributed by atoms with E-state index in [4.69, 9.17) is 0 Å². The number of hydrogen-bond donors (Lipinski definition) is 2. The number of anilines is 1. The molecule has 2 aliphatic rings. The number of rotatable bonds is 1. The van der Waals surface area contributed by atoms with Gasteiger partial charge in [-0.3, -0.25) is 4.90 Å². The number of hydrogen-bond acceptors (Lipinski definition) is 4. The molecule has 1 aromatic carbocycles. The molecule has 19 heavy (non-hydrogen) atoms. The SMILES string of the molecule is Cc1ccc2c(c1)N(C)CC(N1CCNCC1)C2O. The molecule has 0 amide bonds. The number of likely N-dealkylation sites (N-methyl/N-ethyl adjacent to an activating group) is 1. The zero-order valence-corrected chi connectivity index (χ0v) is 11.8. The molecule has 0 bridgehead atoms. The lowest BCUT2D eigenvalue weighted by atomic mass is 9.92. The Hall–Kier alpha value is -1.10. The van der Waals surface area contributed by atoms with Crippen LogP contribution in [0.2, 0.25) is 0 Å². The Morgan fingerprint density at radius 2 is 2.00 bits per heavy atom. The predicted molar refractivity (Wildman–Crippen MR) is 77.6 cm³/mol. The van der Waals surface area contributed by atoms with Gasteiger partial charge >= 0.3 is 0 Å². The first-order chi connectivity index (χ1) is 9.16. The summed E-state index contributed by atoms with van der Waals surface area (Å²) in [5.74, 6) is 0. The molecule has 0 aromatic heterocycles. The van der Waals surface area contributed by atoms with Crippen LogP contribution in [0.4, 0.5) is 5.69 Å². The summed E-state index contributed by atoms with van der Waals surface area (Å²) in [6.07, 6.45) is -0.370. The van der Waals surface area contributed by atoms with E-state index in [2.05, 4.69) is 47.3 Å². The number of aryl methyl sites for hydroxylation is 1. The van der Waals surface area contributed by atoms with Crippen LogP contribution in [0.1, 0.15) is 17.2 Å². The summed E-state index contributed by atoms with van der Waals surface area (Å²) in [5, 5.41) is 14.1. The topological polar surface area (TPSA) is 38.7 Å². The van der Waals surface area contributed by atoms with Gasteiger partial charge in [-0.15, -0.1) is 0 Å². The predicted octanol–water partition coefficient (Wildman–Crippen LogP) is 0.752. The Balaban J connectivity index is 1.88. The van der Waals surface area contributed by atoms with Gasteiger partial charge in [-0.2, -0.15) is 0 Å². The van der Waals surface area contributed by atoms with Crippen LogP contribution >= 0.6 is 0 Å². The van der Waals surface area contributed by atoms with Crippen molar-refractivity contribution in [2.24, 2.45) is 0 Å². The van der Waals surface area contributed by atoms with Crippen LogP contribution in [-0.2, 0) is 0 Å². The van der Waals surface area contributed by atoms with E-state index in [-0.39, 0.29) is 12.1 Å². The van der Waals surface area contributed by atoms with E-state index in [0.29, 0.717) is 0 Å². The molecule has 1 fully saturated rings. The van der Waals surface area contributed by atoms with E-state index in [9.17, 15) is 5.11 Å². The summed E-state index contributed by atoms with van der Waals surface area (Å²) in [6, 6.07) is 6.56. The highest BCUT2D eigenvalue weighted by Crippen LogP contribution is 2.35. The number of benzene rings is 1. The van der Waals surface area contributed by atoms with Crippen LogP contribution in [0.15, 0.2) is 18.2 Å². The number of piperazine rings is 1. The van der Waals surface area contributed by atoms with E-state index in [0.717, 1.165) is 38.3 Å². The molecule has 104 valence electrons. The average Bonchev–Trinajstić information content (AvgIpc) is 2.43. The molecule has 1 saturated heterocycles. The van der Waals surface area contributed by atoms with Crippen LogP contribution in [0.25, 0.3) is 0 Å². The Kier molecular flexibility index (Phi) is 3.48. The van der Waals surface area contributed by atoms with Gasteiger partial charge in [0, 0.05) is 51.0 Å². The van der Waals surface area contributed by atoms with Gasteiger partial charge in [-0.1, -0.05) is 12.1 Å². The minimum Gasteiger partial charge on any atom is -0.387 e. The van der Waals surface area contributed by atoms with E-state index >= 15 is 0 Å². The minimum atomic E-state index is -0.370. The quantitative estimate of drug-likeness (QED) is 0.782. The smallest absolute Gasteiger partial charge is 0.0982 e. The summed E-state index contributed by atoms with van der Waals surface area (Å²) >= 11 is 0. The van der Waals surface area contributed by atoms with Gasteiger partial charge in [0.15, 0.2) is 0 Å². The summed E-state index contributed by atoms with van der Waals surface area (Å²) in [6.45, 7) is 7.09. The Bertz CT molecular complexity index is 457. The molecule has 0 aliphatic carbocycles. The first-order valence-electron chi connectivity index (χ1n) is 7.11. The van der Waals surface area contributed by atoms with E-state index < -0.39 is 0 Å². The van der Waals surface area contributed by atoms with Gasteiger partial charge in [0.1, 0.15) is 0 Å². The van der Waals surface area contributed by atoms with Gasteiger partial charge in [0.2, 0.25) is 0 Å². The fourth-order valence-electron chi connectivity index (χ4n) is 3.25. The Labute approximate surface area is 115 Å². The number of aliphatic hydroxyl groups excluding tert-OH is 1. The number of aliphatic hydroxyl groups is 1. The van der Waals surface area contributed by atoms with Crippen molar-refractivity contribution in [2.75, 3.05) is 44.7 Å². The standard InChI is InChI=1S/C15H23N3O/c1-11-3-4-12-13(9-11)17(2)10-14(15(12)19)18-7-5-16-6-8-18/h3-4,9,14-16,19H,5-8,10H2,1-2H3. The lowest BCUT2D eigenvalue weighted by molar-refractivity contribution is 0.0406.